The molecule has 0 amide bonds. The van der Waals surface area contributed by atoms with Crippen LogP contribution in [0.2, 0.25) is 5.02 Å². The summed E-state index contributed by atoms with van der Waals surface area (Å²) < 4.78 is 28.3. The fourth-order valence-electron chi connectivity index (χ4n) is 2.99. The van der Waals surface area contributed by atoms with Gasteiger partial charge in [-0.25, -0.2) is 13.4 Å². The number of hydrogen-bond donors (Lipinski definition) is 3. The Bertz CT molecular complexity index is 1490. The van der Waals surface area contributed by atoms with Crippen molar-refractivity contribution in [3.63, 3.8) is 0 Å². The molecule has 1 heterocycles. The van der Waals surface area contributed by atoms with Crippen molar-refractivity contribution in [3.05, 3.63) is 93.3 Å². The zero-order valence-corrected chi connectivity index (χ0v) is 20.8. The van der Waals surface area contributed by atoms with Crippen LogP contribution >= 0.6 is 35.2 Å². The number of sulfonamides is 1. The first kappa shape index (κ1) is 24.5. The molecule has 0 unspecified atom stereocenters. The summed E-state index contributed by atoms with van der Waals surface area (Å²) in [6.45, 7) is 0. The van der Waals surface area contributed by atoms with E-state index in [4.69, 9.17) is 23.8 Å². The van der Waals surface area contributed by atoms with Crippen molar-refractivity contribution in [2.45, 2.75) is 4.90 Å². The standard InChI is InChI=1S/C22H16ClN5O4S3/c23-14-5-11-17(12-6-14)35(31,32)27-19-4-2-1-3-18(19)20-13-34-22(25-20)26-21(33)24-15-7-9-16(10-8-15)28(29)30/h1-13,27H,(H2,24,25,26,33). The second kappa shape index (κ2) is 10.4. The number of nitro benzene ring substituents is 1. The number of thiocarbonyl (C=S) groups is 1. The minimum absolute atomic E-state index is 0.0238. The molecule has 0 radical (unpaired) electrons. The van der Waals surface area contributed by atoms with E-state index in [1.165, 1.54) is 47.7 Å². The third-order valence-corrected chi connectivity index (χ3v) is 7.23. The maximum absolute atomic E-state index is 12.8. The summed E-state index contributed by atoms with van der Waals surface area (Å²) in [5.74, 6) is 0. The minimum Gasteiger partial charge on any atom is -0.332 e. The van der Waals surface area contributed by atoms with E-state index in [1.807, 2.05) is 0 Å². The Morgan fingerprint density at radius 3 is 2.37 bits per heavy atom. The Morgan fingerprint density at radius 1 is 1.00 bits per heavy atom. The number of hydrogen-bond acceptors (Lipinski definition) is 7. The fraction of sp³-hybridized carbons (Fsp3) is 0. The topological polar surface area (TPSA) is 126 Å². The molecule has 0 bridgehead atoms. The van der Waals surface area contributed by atoms with E-state index in [9.17, 15) is 18.5 Å². The Labute approximate surface area is 215 Å². The highest BCUT2D eigenvalue weighted by Crippen LogP contribution is 2.32. The van der Waals surface area contributed by atoms with Gasteiger partial charge in [0.05, 0.1) is 21.2 Å². The van der Waals surface area contributed by atoms with E-state index >= 15 is 0 Å². The predicted octanol–water partition coefficient (Wildman–Crippen LogP) is 5.98. The predicted molar refractivity (Wildman–Crippen MR) is 143 cm³/mol. The number of non-ortho nitro benzene ring substituents is 1. The molecule has 0 aliphatic rings. The summed E-state index contributed by atoms with van der Waals surface area (Å²) in [5.41, 5.74) is 2.05. The summed E-state index contributed by atoms with van der Waals surface area (Å²) >= 11 is 12.4. The van der Waals surface area contributed by atoms with Crippen molar-refractivity contribution in [2.24, 2.45) is 0 Å². The average Bonchev–Trinajstić information content (AvgIpc) is 3.28. The summed E-state index contributed by atoms with van der Waals surface area (Å²) in [7, 11) is -3.84. The molecule has 0 saturated heterocycles. The van der Waals surface area contributed by atoms with Gasteiger partial charge in [-0.1, -0.05) is 29.8 Å². The minimum atomic E-state index is -3.84. The Kier molecular flexibility index (Phi) is 7.26. The second-order valence-corrected chi connectivity index (χ2v) is 10.4. The maximum Gasteiger partial charge on any atom is 0.269 e. The van der Waals surface area contributed by atoms with Crippen LogP contribution in [0, 0.1) is 10.1 Å². The van der Waals surface area contributed by atoms with E-state index < -0.39 is 14.9 Å². The number of nitrogens with zero attached hydrogens (tertiary/aromatic N) is 2. The van der Waals surface area contributed by atoms with Crippen molar-refractivity contribution in [1.29, 1.82) is 0 Å². The van der Waals surface area contributed by atoms with Gasteiger partial charge in [0.25, 0.3) is 15.7 Å². The van der Waals surface area contributed by atoms with E-state index in [0.29, 0.717) is 32.8 Å². The van der Waals surface area contributed by atoms with Gasteiger partial charge in [0.1, 0.15) is 0 Å². The SMILES string of the molecule is O=[N+]([O-])c1ccc(NC(=S)Nc2nc(-c3ccccc3NS(=O)(=O)c3ccc(Cl)cc3)cs2)cc1. The maximum atomic E-state index is 12.8. The van der Waals surface area contributed by atoms with E-state index in [0.717, 1.165) is 0 Å². The molecule has 3 aromatic carbocycles. The molecule has 35 heavy (non-hydrogen) atoms. The highest BCUT2D eigenvalue weighted by atomic mass is 35.5. The van der Waals surface area contributed by atoms with Crippen molar-refractivity contribution >= 4 is 72.5 Å². The lowest BCUT2D eigenvalue weighted by atomic mass is 10.1. The Morgan fingerprint density at radius 2 is 1.69 bits per heavy atom. The lowest BCUT2D eigenvalue weighted by Gasteiger charge is -2.11. The van der Waals surface area contributed by atoms with Gasteiger partial charge in [0, 0.05) is 33.8 Å². The zero-order chi connectivity index (χ0) is 25.0. The van der Waals surface area contributed by atoms with Gasteiger partial charge >= 0.3 is 0 Å². The van der Waals surface area contributed by atoms with Crippen LogP contribution in [-0.2, 0) is 10.0 Å². The number of halogens is 1. The third kappa shape index (κ3) is 6.11. The summed E-state index contributed by atoms with van der Waals surface area (Å²) in [5, 5.41) is 19.6. The largest absolute Gasteiger partial charge is 0.332 e. The number of benzene rings is 3. The lowest BCUT2D eigenvalue weighted by Crippen LogP contribution is -2.18. The highest BCUT2D eigenvalue weighted by Gasteiger charge is 2.18. The molecule has 178 valence electrons. The van der Waals surface area contributed by atoms with Crippen LogP contribution in [0.25, 0.3) is 11.3 Å². The van der Waals surface area contributed by atoms with E-state index in [1.54, 1.807) is 41.8 Å². The second-order valence-electron chi connectivity index (χ2n) is 7.03. The summed E-state index contributed by atoms with van der Waals surface area (Å²) in [6, 6.07) is 18.6. The van der Waals surface area contributed by atoms with Crippen LogP contribution < -0.4 is 15.4 Å². The van der Waals surface area contributed by atoms with E-state index in [2.05, 4.69) is 20.3 Å². The van der Waals surface area contributed by atoms with Crippen LogP contribution in [0.5, 0.6) is 0 Å². The Balaban J connectivity index is 1.48. The van der Waals surface area contributed by atoms with Gasteiger partial charge in [0.15, 0.2) is 10.2 Å². The normalized spacial score (nSPS) is 11.0. The molecule has 0 spiro atoms. The van der Waals surface area contributed by atoms with Crippen molar-refractivity contribution < 1.29 is 13.3 Å². The molecule has 13 heteroatoms. The monoisotopic (exact) mass is 545 g/mol. The molecule has 4 rings (SSSR count). The van der Waals surface area contributed by atoms with Crippen LogP contribution in [0.4, 0.5) is 22.2 Å². The zero-order valence-electron chi connectivity index (χ0n) is 17.6. The van der Waals surface area contributed by atoms with E-state index in [-0.39, 0.29) is 15.7 Å². The molecule has 3 N–H and O–H groups in total. The number of para-hydroxylation sites is 1. The van der Waals surface area contributed by atoms with Crippen LogP contribution in [0.15, 0.2) is 83.1 Å². The van der Waals surface area contributed by atoms with Crippen LogP contribution in [-0.4, -0.2) is 23.4 Å². The number of aromatic nitrogens is 1. The quantitative estimate of drug-likeness (QED) is 0.147. The molecule has 0 saturated carbocycles. The van der Waals surface area contributed by atoms with Crippen molar-refractivity contribution in [1.82, 2.24) is 4.98 Å². The highest BCUT2D eigenvalue weighted by molar-refractivity contribution is 7.92. The lowest BCUT2D eigenvalue weighted by molar-refractivity contribution is -0.384. The molecule has 0 atom stereocenters. The van der Waals surface area contributed by atoms with Crippen LogP contribution in [0.3, 0.4) is 0 Å². The first-order valence-corrected chi connectivity index (χ1v) is 13.0. The van der Waals surface area contributed by atoms with Gasteiger partial charge in [-0.3, -0.25) is 14.8 Å². The Hall–Kier alpha value is -3.58. The third-order valence-electron chi connectivity index (χ3n) is 4.63. The van der Waals surface area contributed by atoms with Gasteiger partial charge in [-0.05, 0) is 54.7 Å². The number of anilines is 3. The van der Waals surface area contributed by atoms with Gasteiger partial charge in [-0.15, -0.1) is 11.3 Å². The molecule has 0 fully saturated rings. The molecule has 4 aromatic rings. The fourth-order valence-corrected chi connectivity index (χ4v) is 5.19. The first-order chi connectivity index (χ1) is 16.7. The smallest absolute Gasteiger partial charge is 0.269 e. The van der Waals surface area contributed by atoms with Crippen molar-refractivity contribution in [3.8, 4) is 11.3 Å². The molecule has 9 nitrogen and oxygen atoms in total. The van der Waals surface area contributed by atoms with Gasteiger partial charge in [-0.2, -0.15) is 0 Å². The molecule has 1 aromatic heterocycles. The first-order valence-electron chi connectivity index (χ1n) is 9.87. The van der Waals surface area contributed by atoms with Crippen LogP contribution in [0.1, 0.15) is 0 Å². The summed E-state index contributed by atoms with van der Waals surface area (Å²) in [4.78, 5) is 14.9. The number of thiazole rings is 1. The molecule has 0 aliphatic heterocycles. The molecular weight excluding hydrogens is 530 g/mol. The number of nitrogens with one attached hydrogen (secondary N) is 3. The summed E-state index contributed by atoms with van der Waals surface area (Å²) in [6.07, 6.45) is 0. The molecule has 0 aliphatic carbocycles. The average molecular weight is 546 g/mol. The molecular formula is C22H16ClN5O4S3. The van der Waals surface area contributed by atoms with Crippen molar-refractivity contribution in [2.75, 3.05) is 15.4 Å². The van der Waals surface area contributed by atoms with Gasteiger partial charge in [0.2, 0.25) is 0 Å². The number of nitro groups is 1. The number of rotatable bonds is 7. The van der Waals surface area contributed by atoms with Gasteiger partial charge < -0.3 is 10.6 Å².